The Bertz CT molecular complexity index is 124. The Labute approximate surface area is 85.1 Å². The highest BCUT2D eigenvalue weighted by Gasteiger charge is 2.05. The zero-order valence-corrected chi connectivity index (χ0v) is 9.20. The summed E-state index contributed by atoms with van der Waals surface area (Å²) in [4.78, 5) is 0. The molecule has 0 aliphatic carbocycles. The van der Waals surface area contributed by atoms with Crippen molar-refractivity contribution in [2.45, 2.75) is 25.6 Å². The number of alkyl halides is 1. The molecule has 0 saturated carbocycles. The molecule has 0 aliphatic rings. The van der Waals surface area contributed by atoms with Crippen LogP contribution in [0.1, 0.15) is 20.3 Å². The van der Waals surface area contributed by atoms with E-state index in [4.69, 9.17) is 23.2 Å². The summed E-state index contributed by atoms with van der Waals surface area (Å²) < 4.78 is 0. The van der Waals surface area contributed by atoms with Crippen LogP contribution in [0.2, 0.25) is 0 Å². The van der Waals surface area contributed by atoms with Gasteiger partial charge in [-0.05, 0) is 12.3 Å². The van der Waals surface area contributed by atoms with Crippen molar-refractivity contribution in [1.29, 1.82) is 0 Å². The lowest BCUT2D eigenvalue weighted by atomic mass is 10.1. The summed E-state index contributed by atoms with van der Waals surface area (Å²) in [5, 5.41) is 3.42. The van der Waals surface area contributed by atoms with Gasteiger partial charge in [-0.2, -0.15) is 0 Å². The Morgan fingerprint density at radius 2 is 2.08 bits per heavy atom. The van der Waals surface area contributed by atoms with Gasteiger partial charge in [0.15, 0.2) is 0 Å². The fourth-order valence-electron chi connectivity index (χ4n) is 0.963. The van der Waals surface area contributed by atoms with Gasteiger partial charge in [0.1, 0.15) is 0 Å². The van der Waals surface area contributed by atoms with Gasteiger partial charge in [0, 0.05) is 24.0 Å². The van der Waals surface area contributed by atoms with Crippen molar-refractivity contribution in [3.8, 4) is 0 Å². The SMILES string of the molecule is CC(C)CC(Cl)CNC/C=C/Cl. The Morgan fingerprint density at radius 1 is 1.42 bits per heavy atom. The molecule has 3 heteroatoms. The molecule has 1 N–H and O–H groups in total. The van der Waals surface area contributed by atoms with Crippen LogP contribution in [-0.4, -0.2) is 18.5 Å². The van der Waals surface area contributed by atoms with E-state index < -0.39 is 0 Å². The van der Waals surface area contributed by atoms with Crippen LogP contribution >= 0.6 is 23.2 Å². The van der Waals surface area contributed by atoms with E-state index in [0.717, 1.165) is 19.5 Å². The van der Waals surface area contributed by atoms with Gasteiger partial charge in [0.25, 0.3) is 0 Å². The molecule has 0 saturated heterocycles. The van der Waals surface area contributed by atoms with E-state index >= 15 is 0 Å². The predicted octanol–water partition coefficient (Wildman–Crippen LogP) is 2.98. The van der Waals surface area contributed by atoms with E-state index in [1.807, 2.05) is 6.08 Å². The quantitative estimate of drug-likeness (QED) is 0.525. The second-order valence-corrected chi connectivity index (χ2v) is 4.12. The number of rotatable bonds is 6. The highest BCUT2D eigenvalue weighted by Crippen LogP contribution is 2.09. The van der Waals surface area contributed by atoms with Crippen molar-refractivity contribution in [2.24, 2.45) is 5.92 Å². The van der Waals surface area contributed by atoms with E-state index in [2.05, 4.69) is 19.2 Å². The van der Waals surface area contributed by atoms with Crippen molar-refractivity contribution >= 4 is 23.2 Å². The van der Waals surface area contributed by atoms with Gasteiger partial charge in [-0.1, -0.05) is 31.5 Å². The second kappa shape index (κ2) is 7.90. The molecule has 0 amide bonds. The van der Waals surface area contributed by atoms with Crippen LogP contribution in [0, 0.1) is 5.92 Å². The van der Waals surface area contributed by atoms with Gasteiger partial charge < -0.3 is 5.32 Å². The van der Waals surface area contributed by atoms with Crippen molar-refractivity contribution < 1.29 is 0 Å². The van der Waals surface area contributed by atoms with Crippen molar-refractivity contribution in [3.05, 3.63) is 11.6 Å². The smallest absolute Gasteiger partial charge is 0.0463 e. The summed E-state index contributed by atoms with van der Waals surface area (Å²) in [6, 6.07) is 0. The summed E-state index contributed by atoms with van der Waals surface area (Å²) in [7, 11) is 0. The van der Waals surface area contributed by atoms with Crippen LogP contribution in [-0.2, 0) is 0 Å². The second-order valence-electron chi connectivity index (χ2n) is 3.25. The van der Waals surface area contributed by atoms with Gasteiger partial charge in [-0.15, -0.1) is 11.6 Å². The molecule has 12 heavy (non-hydrogen) atoms. The zero-order valence-electron chi connectivity index (χ0n) is 7.69. The average molecular weight is 210 g/mol. The van der Waals surface area contributed by atoms with Gasteiger partial charge in [0.05, 0.1) is 0 Å². The van der Waals surface area contributed by atoms with Crippen LogP contribution in [0.4, 0.5) is 0 Å². The average Bonchev–Trinajstić information content (AvgIpc) is 1.97. The van der Waals surface area contributed by atoms with Crippen molar-refractivity contribution in [2.75, 3.05) is 13.1 Å². The highest BCUT2D eigenvalue weighted by atomic mass is 35.5. The summed E-state index contributed by atoms with van der Waals surface area (Å²) in [6.07, 6.45) is 2.92. The van der Waals surface area contributed by atoms with E-state index in [9.17, 15) is 0 Å². The molecular formula is C9H17Cl2N. The maximum atomic E-state index is 6.04. The molecule has 0 aliphatic heterocycles. The van der Waals surface area contributed by atoms with E-state index in [1.54, 1.807) is 0 Å². The predicted molar refractivity (Wildman–Crippen MR) is 57.0 cm³/mol. The molecule has 1 nitrogen and oxygen atoms in total. The van der Waals surface area contributed by atoms with Crippen LogP contribution < -0.4 is 5.32 Å². The van der Waals surface area contributed by atoms with Crippen molar-refractivity contribution in [1.82, 2.24) is 5.32 Å². The topological polar surface area (TPSA) is 12.0 Å². The van der Waals surface area contributed by atoms with E-state index in [-0.39, 0.29) is 5.38 Å². The molecule has 0 aromatic carbocycles. The van der Waals surface area contributed by atoms with E-state index in [0.29, 0.717) is 5.92 Å². The molecule has 72 valence electrons. The van der Waals surface area contributed by atoms with Crippen LogP contribution in [0.3, 0.4) is 0 Å². The van der Waals surface area contributed by atoms with Gasteiger partial charge in [0.2, 0.25) is 0 Å². The molecular weight excluding hydrogens is 193 g/mol. The first-order valence-corrected chi connectivity index (χ1v) is 5.14. The molecule has 0 heterocycles. The number of nitrogens with one attached hydrogen (secondary N) is 1. The maximum absolute atomic E-state index is 6.04. The molecule has 0 aromatic rings. The first kappa shape index (κ1) is 12.3. The normalized spacial score (nSPS) is 14.4. The van der Waals surface area contributed by atoms with Gasteiger partial charge in [-0.25, -0.2) is 0 Å². The first-order valence-electron chi connectivity index (χ1n) is 4.26. The third-order valence-corrected chi connectivity index (χ3v) is 1.95. The highest BCUT2D eigenvalue weighted by molar-refractivity contribution is 6.25. The molecule has 0 aromatic heterocycles. The van der Waals surface area contributed by atoms with Crippen LogP contribution in [0.5, 0.6) is 0 Å². The Balaban J connectivity index is 3.25. The summed E-state index contributed by atoms with van der Waals surface area (Å²) in [6.45, 7) is 5.99. The third-order valence-electron chi connectivity index (χ3n) is 1.44. The van der Waals surface area contributed by atoms with Crippen LogP contribution in [0.25, 0.3) is 0 Å². The molecule has 1 unspecified atom stereocenters. The molecule has 0 spiro atoms. The fraction of sp³-hybridized carbons (Fsp3) is 0.778. The summed E-state index contributed by atoms with van der Waals surface area (Å²) in [5.41, 5.74) is 1.51. The minimum Gasteiger partial charge on any atom is -0.312 e. The number of hydrogen-bond donors (Lipinski definition) is 1. The van der Waals surface area contributed by atoms with Crippen molar-refractivity contribution in [3.63, 3.8) is 0 Å². The monoisotopic (exact) mass is 209 g/mol. The minimum atomic E-state index is 0.230. The molecule has 0 bridgehead atoms. The minimum absolute atomic E-state index is 0.230. The Morgan fingerprint density at radius 3 is 2.58 bits per heavy atom. The summed E-state index contributed by atoms with van der Waals surface area (Å²) >= 11 is 11.4. The fourth-order valence-corrected chi connectivity index (χ4v) is 1.52. The maximum Gasteiger partial charge on any atom is 0.0463 e. The number of halogens is 2. The van der Waals surface area contributed by atoms with E-state index in [1.165, 1.54) is 5.54 Å². The largest absolute Gasteiger partial charge is 0.312 e. The summed E-state index contributed by atoms with van der Waals surface area (Å²) in [5.74, 6) is 0.665. The van der Waals surface area contributed by atoms with Gasteiger partial charge in [-0.3, -0.25) is 0 Å². The lowest BCUT2D eigenvalue weighted by Gasteiger charge is -2.11. The Hall–Kier alpha value is 0.280. The zero-order chi connectivity index (χ0) is 9.40. The standard InChI is InChI=1S/C9H17Cl2N/c1-8(2)6-9(11)7-12-5-3-4-10/h3-4,8-9,12H,5-7H2,1-2H3/b4-3+. The van der Waals surface area contributed by atoms with Gasteiger partial charge >= 0.3 is 0 Å². The van der Waals surface area contributed by atoms with Crippen LogP contribution in [0.15, 0.2) is 11.6 Å². The first-order chi connectivity index (χ1) is 5.66. The molecule has 0 fully saturated rings. The Kier molecular flexibility index (Phi) is 8.09. The lowest BCUT2D eigenvalue weighted by molar-refractivity contribution is 0.543. The molecule has 1 atom stereocenters. The lowest BCUT2D eigenvalue weighted by Crippen LogP contribution is -2.24. The molecule has 0 radical (unpaired) electrons. The molecule has 0 rings (SSSR count). The number of hydrogen-bond acceptors (Lipinski definition) is 1. The third kappa shape index (κ3) is 8.38.